The number of benzene rings is 2. The lowest BCUT2D eigenvalue weighted by Crippen LogP contribution is -2.47. The summed E-state index contributed by atoms with van der Waals surface area (Å²) in [5.41, 5.74) is 7.89. The van der Waals surface area contributed by atoms with Crippen LogP contribution in [0.15, 0.2) is 54.6 Å². The van der Waals surface area contributed by atoms with Crippen LogP contribution in [0.1, 0.15) is 0 Å². The Kier molecular flexibility index (Phi) is 5.20. The van der Waals surface area contributed by atoms with E-state index in [0.29, 0.717) is 6.61 Å². The van der Waals surface area contributed by atoms with E-state index in [9.17, 15) is 0 Å². The minimum Gasteiger partial charge on any atom is -0.492 e. The number of nitrogens with zero attached hydrogens (tertiary/aromatic N) is 4. The Balaban J connectivity index is 1.29. The van der Waals surface area contributed by atoms with E-state index in [1.807, 2.05) is 36.4 Å². The molecule has 2 aromatic carbocycles. The van der Waals surface area contributed by atoms with Gasteiger partial charge in [0.2, 0.25) is 11.9 Å². The van der Waals surface area contributed by atoms with Gasteiger partial charge in [-0.05, 0) is 11.6 Å². The third-order valence-electron chi connectivity index (χ3n) is 4.80. The highest BCUT2D eigenvalue weighted by Crippen LogP contribution is 2.29. The molecular weight excluding hydrogens is 340 g/mol. The Bertz CT molecular complexity index is 858. The van der Waals surface area contributed by atoms with E-state index in [0.717, 1.165) is 50.0 Å². The molecule has 7 nitrogen and oxygen atoms in total. The zero-order valence-electron chi connectivity index (χ0n) is 15.2. The topological polar surface area (TPSA) is 83.3 Å². The molecule has 2 heterocycles. The number of rotatable bonds is 6. The molecule has 1 fully saturated rings. The van der Waals surface area contributed by atoms with Crippen molar-refractivity contribution in [2.45, 2.75) is 0 Å². The second-order valence-electron chi connectivity index (χ2n) is 6.56. The molecule has 0 amide bonds. The quantitative estimate of drug-likeness (QED) is 0.698. The van der Waals surface area contributed by atoms with Crippen LogP contribution in [0.25, 0.3) is 11.1 Å². The van der Waals surface area contributed by atoms with E-state index < -0.39 is 0 Å². The first-order valence-corrected chi connectivity index (χ1v) is 9.22. The second kappa shape index (κ2) is 8.09. The lowest BCUT2D eigenvalue weighted by Gasteiger charge is -2.34. The maximum absolute atomic E-state index is 6.11. The van der Waals surface area contributed by atoms with Crippen molar-refractivity contribution >= 4 is 11.9 Å². The summed E-state index contributed by atoms with van der Waals surface area (Å²) in [4.78, 5) is 8.77. The number of hydrogen-bond donors (Lipinski definition) is 2. The van der Waals surface area contributed by atoms with Gasteiger partial charge in [-0.1, -0.05) is 48.5 Å². The van der Waals surface area contributed by atoms with Crippen molar-refractivity contribution in [1.82, 2.24) is 20.1 Å². The number of aromatic amines is 1. The van der Waals surface area contributed by atoms with Crippen LogP contribution >= 0.6 is 0 Å². The van der Waals surface area contributed by atoms with Crippen molar-refractivity contribution in [1.29, 1.82) is 0 Å². The number of hydrogen-bond acceptors (Lipinski definition) is 6. The summed E-state index contributed by atoms with van der Waals surface area (Å²) in [6, 6.07) is 18.5. The maximum Gasteiger partial charge on any atom is 0.241 e. The summed E-state index contributed by atoms with van der Waals surface area (Å²) in [5.74, 6) is 1.97. The monoisotopic (exact) mass is 364 g/mol. The van der Waals surface area contributed by atoms with Gasteiger partial charge in [-0.2, -0.15) is 4.98 Å². The van der Waals surface area contributed by atoms with Crippen molar-refractivity contribution in [2.75, 3.05) is 50.0 Å². The van der Waals surface area contributed by atoms with Gasteiger partial charge in [0.25, 0.3) is 0 Å². The predicted molar refractivity (Wildman–Crippen MR) is 107 cm³/mol. The molecule has 1 aromatic heterocycles. The Morgan fingerprint density at radius 2 is 1.70 bits per heavy atom. The van der Waals surface area contributed by atoms with Crippen LogP contribution < -0.4 is 15.4 Å². The van der Waals surface area contributed by atoms with Gasteiger partial charge in [0.1, 0.15) is 12.4 Å². The van der Waals surface area contributed by atoms with E-state index >= 15 is 0 Å². The van der Waals surface area contributed by atoms with Gasteiger partial charge in [0.05, 0.1) is 0 Å². The van der Waals surface area contributed by atoms with E-state index in [1.54, 1.807) is 0 Å². The molecule has 140 valence electrons. The molecule has 0 atom stereocenters. The molecule has 0 unspecified atom stereocenters. The Morgan fingerprint density at radius 1 is 0.963 bits per heavy atom. The van der Waals surface area contributed by atoms with Crippen LogP contribution in [0.3, 0.4) is 0 Å². The third kappa shape index (κ3) is 4.20. The minimum atomic E-state index is 0.290. The van der Waals surface area contributed by atoms with Crippen molar-refractivity contribution < 1.29 is 4.74 Å². The lowest BCUT2D eigenvalue weighted by atomic mass is 10.1. The fourth-order valence-corrected chi connectivity index (χ4v) is 3.32. The van der Waals surface area contributed by atoms with Crippen LogP contribution in [0.4, 0.5) is 11.9 Å². The number of para-hydroxylation sites is 1. The van der Waals surface area contributed by atoms with Crippen LogP contribution in [-0.2, 0) is 0 Å². The zero-order chi connectivity index (χ0) is 18.5. The molecule has 0 saturated carbocycles. The van der Waals surface area contributed by atoms with E-state index in [-0.39, 0.29) is 5.95 Å². The van der Waals surface area contributed by atoms with E-state index in [1.165, 1.54) is 5.56 Å². The highest BCUT2D eigenvalue weighted by atomic mass is 16.5. The number of nitrogens with two attached hydrogens (primary N) is 1. The molecule has 1 aliphatic heterocycles. The number of nitrogen functional groups attached to an aromatic ring is 1. The summed E-state index contributed by atoms with van der Waals surface area (Å²) in [7, 11) is 0. The van der Waals surface area contributed by atoms with Gasteiger partial charge in [-0.3, -0.25) is 4.90 Å². The highest BCUT2D eigenvalue weighted by molar-refractivity contribution is 5.70. The summed E-state index contributed by atoms with van der Waals surface area (Å²) >= 11 is 0. The van der Waals surface area contributed by atoms with Crippen molar-refractivity contribution in [3.8, 4) is 16.9 Å². The first-order valence-electron chi connectivity index (χ1n) is 9.22. The van der Waals surface area contributed by atoms with Gasteiger partial charge < -0.3 is 15.4 Å². The Morgan fingerprint density at radius 3 is 2.44 bits per heavy atom. The fraction of sp³-hybridized carbons (Fsp3) is 0.300. The average molecular weight is 364 g/mol. The Hall–Kier alpha value is -3.06. The fourth-order valence-electron chi connectivity index (χ4n) is 3.32. The molecule has 0 bridgehead atoms. The molecule has 27 heavy (non-hydrogen) atoms. The summed E-state index contributed by atoms with van der Waals surface area (Å²) in [6.45, 7) is 5.29. The minimum absolute atomic E-state index is 0.290. The molecule has 1 saturated heterocycles. The SMILES string of the molecule is Nc1n[nH]c(N2CCN(CCOc3ccccc3-c3ccccc3)CC2)n1. The predicted octanol–water partition coefficient (Wildman–Crippen LogP) is 2.25. The van der Waals surface area contributed by atoms with Crippen LogP contribution in [0, 0.1) is 0 Å². The summed E-state index contributed by atoms with van der Waals surface area (Å²) in [5, 5.41) is 6.77. The summed E-state index contributed by atoms with van der Waals surface area (Å²) < 4.78 is 6.11. The number of nitrogens with one attached hydrogen (secondary N) is 1. The molecule has 3 aromatic rings. The molecule has 1 aliphatic rings. The molecule has 4 rings (SSSR count). The molecule has 0 aliphatic carbocycles. The maximum atomic E-state index is 6.11. The molecule has 0 spiro atoms. The van der Waals surface area contributed by atoms with Crippen LogP contribution in [-0.4, -0.2) is 59.4 Å². The molecule has 0 radical (unpaired) electrons. The highest BCUT2D eigenvalue weighted by Gasteiger charge is 2.19. The molecule has 7 heteroatoms. The van der Waals surface area contributed by atoms with Gasteiger partial charge >= 0.3 is 0 Å². The zero-order valence-corrected chi connectivity index (χ0v) is 15.2. The van der Waals surface area contributed by atoms with Crippen molar-refractivity contribution in [2.24, 2.45) is 0 Å². The third-order valence-corrected chi connectivity index (χ3v) is 4.80. The largest absolute Gasteiger partial charge is 0.492 e. The number of anilines is 2. The number of piperazine rings is 1. The van der Waals surface area contributed by atoms with Gasteiger partial charge in [-0.25, -0.2) is 5.10 Å². The van der Waals surface area contributed by atoms with Crippen molar-refractivity contribution in [3.05, 3.63) is 54.6 Å². The number of ether oxygens (including phenoxy) is 1. The normalized spacial score (nSPS) is 15.0. The standard InChI is InChI=1S/C20H24N6O/c21-19-22-20(24-23-19)26-12-10-25(11-13-26)14-15-27-18-9-5-4-8-17(18)16-6-2-1-3-7-16/h1-9H,10-15H2,(H3,21,22,23,24). The van der Waals surface area contributed by atoms with Gasteiger partial charge in [0, 0.05) is 38.3 Å². The van der Waals surface area contributed by atoms with Gasteiger partial charge in [-0.15, -0.1) is 5.10 Å². The average Bonchev–Trinajstić information content (AvgIpc) is 3.16. The first kappa shape index (κ1) is 17.4. The number of aromatic nitrogens is 3. The van der Waals surface area contributed by atoms with Crippen LogP contribution in [0.5, 0.6) is 5.75 Å². The summed E-state index contributed by atoms with van der Waals surface area (Å²) in [6.07, 6.45) is 0. The lowest BCUT2D eigenvalue weighted by molar-refractivity contribution is 0.200. The number of H-pyrrole nitrogens is 1. The van der Waals surface area contributed by atoms with Gasteiger partial charge in [0.15, 0.2) is 0 Å². The Labute approximate surface area is 158 Å². The molecule has 3 N–H and O–H groups in total. The van der Waals surface area contributed by atoms with E-state index in [2.05, 4.69) is 43.2 Å². The smallest absolute Gasteiger partial charge is 0.241 e. The van der Waals surface area contributed by atoms with Crippen LogP contribution in [0.2, 0.25) is 0 Å². The van der Waals surface area contributed by atoms with E-state index in [4.69, 9.17) is 10.5 Å². The molecular formula is C20H24N6O. The second-order valence-corrected chi connectivity index (χ2v) is 6.56. The van der Waals surface area contributed by atoms with Crippen molar-refractivity contribution in [3.63, 3.8) is 0 Å². The first-order chi connectivity index (χ1) is 13.3.